The predicted octanol–water partition coefficient (Wildman–Crippen LogP) is 4.61. The lowest BCUT2D eigenvalue weighted by Crippen LogP contribution is -2.04. The second-order valence-electron chi connectivity index (χ2n) is 6.60. The molecule has 0 fully saturated rings. The van der Waals surface area contributed by atoms with Crippen LogP contribution in [0.2, 0.25) is 0 Å². The number of hydrogen-bond donors (Lipinski definition) is 3. The third kappa shape index (κ3) is 3.99. The summed E-state index contributed by atoms with van der Waals surface area (Å²) in [5.74, 6) is -0.147. The molecule has 0 aliphatic carbocycles. The summed E-state index contributed by atoms with van der Waals surface area (Å²) in [6, 6.07) is 16.2. The summed E-state index contributed by atoms with van der Waals surface area (Å²) < 4.78 is 65.9. The van der Waals surface area contributed by atoms with Gasteiger partial charge in [0.15, 0.2) is 0 Å². The predicted molar refractivity (Wildman–Crippen MR) is 113 cm³/mol. The first-order valence-corrected chi connectivity index (χ1v) is 11.6. The molecule has 0 spiro atoms. The van der Waals surface area contributed by atoms with Gasteiger partial charge in [0.25, 0.3) is 20.2 Å². The molecule has 4 rings (SSSR count). The largest absolute Gasteiger partial charge is 0.506 e. The van der Waals surface area contributed by atoms with Crippen molar-refractivity contribution in [2.24, 2.45) is 10.2 Å². The molecule has 0 amide bonds. The number of benzene rings is 4. The quantitative estimate of drug-likeness (QED) is 0.298. The minimum absolute atomic E-state index is 0.000605. The van der Waals surface area contributed by atoms with Gasteiger partial charge < -0.3 is 5.11 Å². The molecule has 4 aromatic rings. The number of hydrogen-bond acceptors (Lipinski definition) is 7. The summed E-state index contributed by atoms with van der Waals surface area (Å²) in [7, 11) is -9.62. The molecule has 0 aliphatic rings. The van der Waals surface area contributed by atoms with E-state index in [1.54, 1.807) is 18.2 Å². The molecule has 0 unspecified atom stereocenters. The Morgan fingerprint density at radius 3 is 2.13 bits per heavy atom. The normalized spacial score (nSPS) is 12.7. The fraction of sp³-hybridized carbons (Fsp3) is 0. The minimum atomic E-state index is -4.89. The summed E-state index contributed by atoms with van der Waals surface area (Å²) in [6.45, 7) is 0. The number of phenols is 1. The Morgan fingerprint density at radius 1 is 0.710 bits per heavy atom. The second-order valence-corrected chi connectivity index (χ2v) is 9.41. The minimum Gasteiger partial charge on any atom is -0.506 e. The molecule has 0 aromatic heterocycles. The van der Waals surface area contributed by atoms with Crippen molar-refractivity contribution in [2.75, 3.05) is 0 Å². The number of nitrogens with zero attached hydrogens (tertiary/aromatic N) is 2. The van der Waals surface area contributed by atoms with E-state index in [2.05, 4.69) is 10.2 Å². The number of aromatic hydroxyl groups is 1. The van der Waals surface area contributed by atoms with Gasteiger partial charge in [-0.15, -0.1) is 10.2 Å². The number of azo groups is 1. The fourth-order valence-electron chi connectivity index (χ4n) is 3.23. The van der Waals surface area contributed by atoms with E-state index in [9.17, 15) is 31.0 Å². The Hall–Kier alpha value is -3.38. The third-order valence-corrected chi connectivity index (χ3v) is 6.31. The van der Waals surface area contributed by atoms with Gasteiger partial charge in [0.2, 0.25) is 0 Å². The maximum absolute atomic E-state index is 11.9. The Morgan fingerprint density at radius 2 is 1.42 bits per heavy atom. The van der Waals surface area contributed by atoms with Gasteiger partial charge in [-0.2, -0.15) is 16.8 Å². The lowest BCUT2D eigenvalue weighted by molar-refractivity contribution is 0.476. The van der Waals surface area contributed by atoms with Gasteiger partial charge in [0.1, 0.15) is 16.3 Å². The fourth-order valence-corrected chi connectivity index (χ4v) is 4.60. The van der Waals surface area contributed by atoms with Crippen LogP contribution in [0.1, 0.15) is 0 Å². The van der Waals surface area contributed by atoms with Crippen molar-refractivity contribution in [1.82, 2.24) is 0 Å². The monoisotopic (exact) mass is 458 g/mol. The van der Waals surface area contributed by atoms with Crippen molar-refractivity contribution in [3.05, 3.63) is 66.7 Å². The van der Waals surface area contributed by atoms with Crippen molar-refractivity contribution in [2.45, 2.75) is 9.79 Å². The summed E-state index contributed by atoms with van der Waals surface area (Å²) in [6.07, 6.45) is 0. The van der Waals surface area contributed by atoms with Crippen LogP contribution in [-0.2, 0) is 20.2 Å². The van der Waals surface area contributed by atoms with Gasteiger partial charge in [-0.1, -0.05) is 42.5 Å². The van der Waals surface area contributed by atoms with Gasteiger partial charge >= 0.3 is 0 Å². The zero-order chi connectivity index (χ0) is 22.4. The molecule has 0 saturated heterocycles. The van der Waals surface area contributed by atoms with Crippen LogP contribution in [0.3, 0.4) is 0 Å². The van der Waals surface area contributed by atoms with Crippen LogP contribution in [0.25, 0.3) is 21.5 Å². The first kappa shape index (κ1) is 20.9. The number of phenolic OH excluding ortho intramolecular Hbond substituents is 1. The van der Waals surface area contributed by atoms with E-state index >= 15 is 0 Å². The van der Waals surface area contributed by atoms with Crippen molar-refractivity contribution in [1.29, 1.82) is 0 Å². The molecule has 11 heteroatoms. The van der Waals surface area contributed by atoms with Crippen LogP contribution in [-0.4, -0.2) is 31.0 Å². The summed E-state index contributed by atoms with van der Waals surface area (Å²) in [5.41, 5.74) is 0.150. The van der Waals surface area contributed by atoms with Crippen LogP contribution in [0.15, 0.2) is 86.7 Å². The summed E-state index contributed by atoms with van der Waals surface area (Å²) in [4.78, 5) is -1.46. The molecule has 158 valence electrons. The molecule has 0 heterocycles. The molecule has 4 aromatic carbocycles. The lowest BCUT2D eigenvalue weighted by Gasteiger charge is -2.09. The maximum Gasteiger partial charge on any atom is 0.295 e. The molecular formula is C20H14N2O7S2. The number of fused-ring (bicyclic) bond motifs is 2. The summed E-state index contributed by atoms with van der Waals surface area (Å²) in [5, 5.41) is 19.8. The van der Waals surface area contributed by atoms with E-state index < -0.39 is 30.0 Å². The average molecular weight is 458 g/mol. The maximum atomic E-state index is 11.9. The Bertz CT molecular complexity index is 1600. The smallest absolute Gasteiger partial charge is 0.295 e. The third-order valence-electron chi connectivity index (χ3n) is 4.60. The highest BCUT2D eigenvalue weighted by Crippen LogP contribution is 2.38. The molecule has 31 heavy (non-hydrogen) atoms. The Balaban J connectivity index is 1.99. The van der Waals surface area contributed by atoms with Gasteiger partial charge in [0.05, 0.1) is 10.6 Å². The van der Waals surface area contributed by atoms with Crippen LogP contribution in [0.4, 0.5) is 11.4 Å². The molecule has 9 nitrogen and oxygen atoms in total. The van der Waals surface area contributed by atoms with Crippen molar-refractivity contribution < 1.29 is 31.0 Å². The SMILES string of the molecule is O=S(=O)(O)c1cc(S(=O)(=O)O)c2c(N=Nc3c(O)ccc4ccccc34)cccc2c1. The van der Waals surface area contributed by atoms with E-state index in [0.29, 0.717) is 11.5 Å². The highest BCUT2D eigenvalue weighted by molar-refractivity contribution is 7.86. The molecule has 0 atom stereocenters. The zero-order valence-corrected chi connectivity index (χ0v) is 17.2. The molecule has 0 radical (unpaired) electrons. The highest BCUT2D eigenvalue weighted by atomic mass is 32.2. The van der Waals surface area contributed by atoms with E-state index in [1.165, 1.54) is 24.3 Å². The van der Waals surface area contributed by atoms with Crippen LogP contribution in [0.5, 0.6) is 5.75 Å². The first-order valence-electron chi connectivity index (χ1n) is 8.70. The number of rotatable bonds is 4. The molecule has 3 N–H and O–H groups in total. The van der Waals surface area contributed by atoms with E-state index in [4.69, 9.17) is 0 Å². The lowest BCUT2D eigenvalue weighted by atomic mass is 10.1. The molecule has 0 aliphatic heterocycles. The van der Waals surface area contributed by atoms with Crippen LogP contribution >= 0.6 is 0 Å². The van der Waals surface area contributed by atoms with E-state index in [1.807, 2.05) is 12.1 Å². The average Bonchev–Trinajstić information content (AvgIpc) is 2.70. The van der Waals surface area contributed by atoms with E-state index in [-0.39, 0.29) is 27.9 Å². The van der Waals surface area contributed by atoms with Crippen LogP contribution < -0.4 is 0 Å². The Kier molecular flexibility index (Phi) is 4.98. The first-order chi connectivity index (χ1) is 14.6. The van der Waals surface area contributed by atoms with E-state index in [0.717, 1.165) is 11.5 Å². The highest BCUT2D eigenvalue weighted by Gasteiger charge is 2.22. The van der Waals surface area contributed by atoms with Crippen molar-refractivity contribution in [3.63, 3.8) is 0 Å². The molecule has 0 saturated carbocycles. The van der Waals surface area contributed by atoms with Crippen molar-refractivity contribution >= 4 is 53.2 Å². The second kappa shape index (κ2) is 7.39. The molecule has 0 bridgehead atoms. The van der Waals surface area contributed by atoms with Crippen molar-refractivity contribution in [3.8, 4) is 5.75 Å². The van der Waals surface area contributed by atoms with Gasteiger partial charge in [0, 0.05) is 10.8 Å². The zero-order valence-electron chi connectivity index (χ0n) is 15.5. The van der Waals surface area contributed by atoms with Gasteiger partial charge in [-0.05, 0) is 35.0 Å². The topological polar surface area (TPSA) is 154 Å². The summed E-state index contributed by atoms with van der Waals surface area (Å²) >= 11 is 0. The van der Waals surface area contributed by atoms with Gasteiger partial charge in [-0.3, -0.25) is 9.11 Å². The van der Waals surface area contributed by atoms with Gasteiger partial charge in [-0.25, -0.2) is 0 Å². The molecular weight excluding hydrogens is 444 g/mol. The Labute approximate surface area is 176 Å². The standard InChI is InChI=1S/C20H14N2O7S2/c23-17-9-8-12-4-1-2-6-15(12)20(17)22-21-16-7-3-5-13-10-14(30(24,25)26)11-18(19(13)16)31(27,28)29/h1-11,23H,(H,24,25,26)(H,27,28,29). The van der Waals surface area contributed by atoms with Crippen LogP contribution in [0, 0.1) is 0 Å².